The predicted octanol–water partition coefficient (Wildman–Crippen LogP) is 0.711. The van der Waals surface area contributed by atoms with Crippen molar-refractivity contribution in [3.05, 3.63) is 28.1 Å². The fourth-order valence-electron chi connectivity index (χ4n) is 0.597. The number of nitrogen functional groups attached to an aromatic ring is 1. The lowest BCUT2D eigenvalue weighted by Gasteiger charge is -1.91. The maximum absolute atomic E-state index is 12.4. The molecule has 1 aromatic rings. The fourth-order valence-corrected chi connectivity index (χ4v) is 0.597. The molecule has 1 heterocycles. The van der Waals surface area contributed by atoms with Crippen LogP contribution < -0.4 is 5.73 Å². The summed E-state index contributed by atoms with van der Waals surface area (Å²) >= 11 is 0. The van der Waals surface area contributed by atoms with Crippen molar-refractivity contribution < 1.29 is 9.31 Å². The zero-order valence-electron chi connectivity index (χ0n) is 5.32. The SMILES string of the molecule is Nc1cc(F)cc([N+](=O)[O-])n1. The molecule has 0 aromatic carbocycles. The van der Waals surface area contributed by atoms with Gasteiger partial charge in [-0.25, -0.2) is 4.39 Å². The Labute approximate surface area is 60.8 Å². The Morgan fingerprint density at radius 3 is 2.73 bits per heavy atom. The minimum absolute atomic E-state index is 0.197. The Morgan fingerprint density at radius 2 is 2.27 bits per heavy atom. The molecular formula is C5H4FN3O2. The molecule has 5 nitrogen and oxygen atoms in total. The first-order valence-electron chi connectivity index (χ1n) is 2.67. The molecule has 0 saturated carbocycles. The van der Waals surface area contributed by atoms with E-state index in [1.54, 1.807) is 0 Å². The number of hydrogen-bond acceptors (Lipinski definition) is 4. The molecule has 2 N–H and O–H groups in total. The number of halogens is 1. The first kappa shape index (κ1) is 7.39. The summed E-state index contributed by atoms with van der Waals surface area (Å²) < 4.78 is 12.4. The van der Waals surface area contributed by atoms with Gasteiger partial charge in [0, 0.05) is 6.07 Å². The van der Waals surface area contributed by atoms with Crippen LogP contribution in [0.3, 0.4) is 0 Å². The van der Waals surface area contributed by atoms with E-state index in [-0.39, 0.29) is 5.82 Å². The number of aromatic nitrogens is 1. The van der Waals surface area contributed by atoms with Crippen LogP contribution >= 0.6 is 0 Å². The summed E-state index contributed by atoms with van der Waals surface area (Å²) in [6.45, 7) is 0. The minimum atomic E-state index is -0.806. The Kier molecular flexibility index (Phi) is 1.67. The highest BCUT2D eigenvalue weighted by atomic mass is 19.1. The van der Waals surface area contributed by atoms with Gasteiger partial charge in [0.2, 0.25) is 5.82 Å². The molecule has 11 heavy (non-hydrogen) atoms. The lowest BCUT2D eigenvalue weighted by atomic mass is 10.4. The Hall–Kier alpha value is -1.72. The van der Waals surface area contributed by atoms with E-state index in [1.807, 2.05) is 0 Å². The monoisotopic (exact) mass is 157 g/mol. The number of nitrogens with zero attached hydrogens (tertiary/aromatic N) is 2. The molecule has 1 aromatic heterocycles. The molecule has 0 atom stereocenters. The third kappa shape index (κ3) is 1.60. The summed E-state index contributed by atoms with van der Waals surface area (Å²) in [6, 6.07) is 1.61. The Bertz CT molecular complexity index is 282. The average Bonchev–Trinajstić information content (AvgIpc) is 1.85. The molecular weight excluding hydrogens is 153 g/mol. The van der Waals surface area contributed by atoms with E-state index in [0.717, 1.165) is 6.07 Å². The first-order chi connectivity index (χ1) is 5.09. The fraction of sp³-hybridized carbons (Fsp3) is 0. The molecule has 0 amide bonds. The second-order valence-corrected chi connectivity index (χ2v) is 1.83. The summed E-state index contributed by atoms with van der Waals surface area (Å²) in [6.07, 6.45) is 0. The van der Waals surface area contributed by atoms with Crippen molar-refractivity contribution in [1.29, 1.82) is 0 Å². The Morgan fingerprint density at radius 1 is 1.64 bits per heavy atom. The van der Waals surface area contributed by atoms with Gasteiger partial charge >= 0.3 is 5.82 Å². The van der Waals surface area contributed by atoms with E-state index >= 15 is 0 Å². The molecule has 0 fully saturated rings. The number of rotatable bonds is 1. The van der Waals surface area contributed by atoms with Crippen LogP contribution in [0.5, 0.6) is 0 Å². The lowest BCUT2D eigenvalue weighted by Crippen LogP contribution is -1.97. The average molecular weight is 157 g/mol. The molecule has 0 saturated heterocycles. The Balaban J connectivity index is 3.19. The molecule has 0 unspecified atom stereocenters. The van der Waals surface area contributed by atoms with Crippen molar-refractivity contribution in [2.75, 3.05) is 5.73 Å². The topological polar surface area (TPSA) is 82.0 Å². The van der Waals surface area contributed by atoms with Gasteiger partial charge in [0.05, 0.1) is 6.07 Å². The first-order valence-corrected chi connectivity index (χ1v) is 2.67. The number of hydrogen-bond donors (Lipinski definition) is 1. The van der Waals surface area contributed by atoms with Crippen LogP contribution in [0, 0.1) is 15.9 Å². The van der Waals surface area contributed by atoms with Gasteiger partial charge in [-0.3, -0.25) is 0 Å². The summed E-state index contributed by atoms with van der Waals surface area (Å²) in [7, 11) is 0. The van der Waals surface area contributed by atoms with Gasteiger partial charge in [-0.2, -0.15) is 0 Å². The summed E-state index contributed by atoms with van der Waals surface area (Å²) in [5, 5.41) is 10.0. The molecule has 0 aliphatic carbocycles. The van der Waals surface area contributed by atoms with Gasteiger partial charge in [0.15, 0.2) is 0 Å². The van der Waals surface area contributed by atoms with Gasteiger partial charge in [-0.05, 0) is 9.91 Å². The molecule has 0 aliphatic rings. The van der Waals surface area contributed by atoms with Gasteiger partial charge < -0.3 is 15.8 Å². The maximum Gasteiger partial charge on any atom is 0.368 e. The van der Waals surface area contributed by atoms with E-state index in [9.17, 15) is 14.5 Å². The van der Waals surface area contributed by atoms with Crippen molar-refractivity contribution in [3.8, 4) is 0 Å². The third-order valence-corrected chi connectivity index (χ3v) is 0.983. The highest BCUT2D eigenvalue weighted by Gasteiger charge is 2.10. The molecule has 0 radical (unpaired) electrons. The van der Waals surface area contributed by atoms with E-state index < -0.39 is 16.6 Å². The van der Waals surface area contributed by atoms with E-state index in [1.165, 1.54) is 0 Å². The van der Waals surface area contributed by atoms with E-state index in [2.05, 4.69) is 4.98 Å². The standard InChI is InChI=1S/C5H4FN3O2/c6-3-1-4(7)8-5(2-3)9(10)11/h1-2H,(H2,7,8). The number of pyridine rings is 1. The van der Waals surface area contributed by atoms with Gasteiger partial charge in [0.25, 0.3) is 0 Å². The molecule has 58 valence electrons. The van der Waals surface area contributed by atoms with Crippen LogP contribution in [0.1, 0.15) is 0 Å². The smallest absolute Gasteiger partial charge is 0.363 e. The maximum atomic E-state index is 12.4. The number of nitrogens with two attached hydrogens (primary N) is 1. The molecule has 0 aliphatic heterocycles. The van der Waals surface area contributed by atoms with Crippen molar-refractivity contribution in [2.45, 2.75) is 0 Å². The largest absolute Gasteiger partial charge is 0.368 e. The van der Waals surface area contributed by atoms with Crippen molar-refractivity contribution >= 4 is 11.6 Å². The van der Waals surface area contributed by atoms with Gasteiger partial charge in [-0.15, -0.1) is 0 Å². The zero-order valence-corrected chi connectivity index (χ0v) is 5.32. The van der Waals surface area contributed by atoms with Crippen LogP contribution in [0.15, 0.2) is 12.1 Å². The summed E-state index contributed by atoms with van der Waals surface area (Å²) in [5.41, 5.74) is 5.04. The second-order valence-electron chi connectivity index (χ2n) is 1.83. The van der Waals surface area contributed by atoms with Crippen LogP contribution in [0.25, 0.3) is 0 Å². The third-order valence-electron chi connectivity index (χ3n) is 0.983. The van der Waals surface area contributed by atoms with Crippen LogP contribution in [-0.4, -0.2) is 9.91 Å². The van der Waals surface area contributed by atoms with Crippen molar-refractivity contribution in [1.82, 2.24) is 4.98 Å². The van der Waals surface area contributed by atoms with Gasteiger partial charge in [-0.1, -0.05) is 0 Å². The minimum Gasteiger partial charge on any atom is -0.363 e. The summed E-state index contributed by atoms with van der Waals surface area (Å²) in [4.78, 5) is 12.5. The number of nitro groups is 1. The van der Waals surface area contributed by atoms with Crippen molar-refractivity contribution in [3.63, 3.8) is 0 Å². The van der Waals surface area contributed by atoms with Crippen LogP contribution in [-0.2, 0) is 0 Å². The quantitative estimate of drug-likeness (QED) is 0.480. The molecule has 6 heteroatoms. The number of anilines is 1. The summed E-state index contributed by atoms with van der Waals surface area (Å²) in [5.74, 6) is -1.54. The zero-order chi connectivity index (χ0) is 8.43. The highest BCUT2D eigenvalue weighted by Crippen LogP contribution is 2.11. The predicted molar refractivity (Wildman–Crippen MR) is 35.3 cm³/mol. The van der Waals surface area contributed by atoms with Crippen LogP contribution in [0.2, 0.25) is 0 Å². The van der Waals surface area contributed by atoms with Crippen LogP contribution in [0.4, 0.5) is 16.0 Å². The van der Waals surface area contributed by atoms with E-state index in [4.69, 9.17) is 5.73 Å². The lowest BCUT2D eigenvalue weighted by molar-refractivity contribution is -0.389. The molecule has 1 rings (SSSR count). The molecule has 0 spiro atoms. The van der Waals surface area contributed by atoms with Gasteiger partial charge in [0.1, 0.15) is 5.82 Å². The normalized spacial score (nSPS) is 9.55. The molecule has 0 bridgehead atoms. The highest BCUT2D eigenvalue weighted by molar-refractivity contribution is 5.35. The second kappa shape index (κ2) is 2.49. The van der Waals surface area contributed by atoms with E-state index in [0.29, 0.717) is 6.07 Å². The van der Waals surface area contributed by atoms with Crippen molar-refractivity contribution in [2.24, 2.45) is 0 Å².